The van der Waals surface area contributed by atoms with Crippen LogP contribution in [0.2, 0.25) is 0 Å². The summed E-state index contributed by atoms with van der Waals surface area (Å²) in [4.78, 5) is 22.1. The average molecular weight is 235 g/mol. The molecule has 1 atom stereocenters. The van der Waals surface area contributed by atoms with Crippen molar-refractivity contribution in [3.8, 4) is 5.75 Å². The van der Waals surface area contributed by atoms with Gasteiger partial charge in [-0.05, 0) is 30.2 Å². The van der Waals surface area contributed by atoms with E-state index in [0.717, 1.165) is 0 Å². The van der Waals surface area contributed by atoms with E-state index in [-0.39, 0.29) is 24.0 Å². The molecule has 0 saturated carbocycles. The largest absolute Gasteiger partial charge is 0.508 e. The number of rotatable bonds is 5. The first-order valence-electron chi connectivity index (χ1n) is 5.20. The van der Waals surface area contributed by atoms with E-state index < -0.39 is 5.91 Å². The number of carbonyl (C=O) groups is 2. The van der Waals surface area contributed by atoms with Gasteiger partial charge in [0.25, 0.3) is 0 Å². The maximum absolute atomic E-state index is 11.5. The van der Waals surface area contributed by atoms with Gasteiger partial charge in [0.2, 0.25) is 11.8 Å². The van der Waals surface area contributed by atoms with E-state index in [2.05, 4.69) is 5.32 Å². The predicted molar refractivity (Wildman–Crippen MR) is 64.0 cm³/mol. The molecule has 1 aromatic rings. The molecule has 17 heavy (non-hydrogen) atoms. The lowest BCUT2D eigenvalue weighted by atomic mass is 10.0. The second-order valence-corrected chi connectivity index (χ2v) is 3.85. The summed E-state index contributed by atoms with van der Waals surface area (Å²) in [5, 5.41) is 11.7. The molecule has 5 heteroatoms. The summed E-state index contributed by atoms with van der Waals surface area (Å²) >= 11 is 0. The highest BCUT2D eigenvalue weighted by Gasteiger charge is 2.12. The van der Waals surface area contributed by atoms with E-state index in [9.17, 15) is 9.59 Å². The number of anilines is 1. The molecule has 1 aromatic carbocycles. The van der Waals surface area contributed by atoms with Gasteiger partial charge in [0.1, 0.15) is 5.75 Å². The maximum Gasteiger partial charge on any atom is 0.228 e. The maximum atomic E-state index is 11.5. The number of primary amides is 1. The SMILES string of the molecule is C[C@@H]([CH]C(=O)Nc1ccc(O)cc1)CC(N)=O. The van der Waals surface area contributed by atoms with Crippen molar-refractivity contribution in [2.24, 2.45) is 11.7 Å². The van der Waals surface area contributed by atoms with Gasteiger partial charge in [0, 0.05) is 12.1 Å². The summed E-state index contributed by atoms with van der Waals surface area (Å²) in [5.41, 5.74) is 5.60. The second kappa shape index (κ2) is 5.89. The summed E-state index contributed by atoms with van der Waals surface area (Å²) in [7, 11) is 0. The topological polar surface area (TPSA) is 92.4 Å². The van der Waals surface area contributed by atoms with Crippen molar-refractivity contribution < 1.29 is 14.7 Å². The Labute approximate surface area is 99.6 Å². The van der Waals surface area contributed by atoms with Gasteiger partial charge >= 0.3 is 0 Å². The van der Waals surface area contributed by atoms with Crippen LogP contribution in [0.25, 0.3) is 0 Å². The summed E-state index contributed by atoms with van der Waals surface area (Å²) < 4.78 is 0. The molecule has 2 amide bonds. The highest BCUT2D eigenvalue weighted by Crippen LogP contribution is 2.14. The van der Waals surface area contributed by atoms with Crippen molar-refractivity contribution in [3.05, 3.63) is 30.7 Å². The minimum absolute atomic E-state index is 0.133. The Morgan fingerprint density at radius 3 is 2.53 bits per heavy atom. The first kappa shape index (κ1) is 13.0. The van der Waals surface area contributed by atoms with Gasteiger partial charge in [0.05, 0.1) is 6.42 Å². The van der Waals surface area contributed by atoms with E-state index in [4.69, 9.17) is 10.8 Å². The zero-order valence-electron chi connectivity index (χ0n) is 9.51. The molecule has 0 bridgehead atoms. The summed E-state index contributed by atoms with van der Waals surface area (Å²) in [5.74, 6) is -0.811. The quantitative estimate of drug-likeness (QED) is 0.666. The van der Waals surface area contributed by atoms with Crippen LogP contribution in [0, 0.1) is 12.3 Å². The summed E-state index contributed by atoms with van der Waals surface area (Å²) in [6.07, 6.45) is 1.54. The van der Waals surface area contributed by atoms with E-state index in [1.165, 1.54) is 18.6 Å². The molecule has 4 N–H and O–H groups in total. The number of aromatic hydroxyl groups is 1. The third-order valence-electron chi connectivity index (χ3n) is 2.09. The molecule has 0 saturated heterocycles. The average Bonchev–Trinajstić information content (AvgIpc) is 2.19. The third kappa shape index (κ3) is 5.01. The van der Waals surface area contributed by atoms with Gasteiger partial charge in [-0.2, -0.15) is 0 Å². The molecule has 0 spiro atoms. The molecule has 5 nitrogen and oxygen atoms in total. The Balaban J connectivity index is 2.44. The van der Waals surface area contributed by atoms with Crippen LogP contribution < -0.4 is 11.1 Å². The van der Waals surface area contributed by atoms with Gasteiger partial charge in [-0.3, -0.25) is 9.59 Å². The number of hydrogen-bond donors (Lipinski definition) is 3. The van der Waals surface area contributed by atoms with Gasteiger partial charge < -0.3 is 16.2 Å². The van der Waals surface area contributed by atoms with E-state index >= 15 is 0 Å². The molecular weight excluding hydrogens is 220 g/mol. The Hall–Kier alpha value is -2.04. The number of phenolic OH excluding ortho intramolecular Hbond substituents is 1. The molecule has 1 radical (unpaired) electrons. The number of benzene rings is 1. The van der Waals surface area contributed by atoms with Crippen LogP contribution in [0.15, 0.2) is 24.3 Å². The standard InChI is InChI=1S/C12H15N2O3/c1-8(6-11(13)16)7-12(17)14-9-2-4-10(15)5-3-9/h2-5,7-8,15H,6H2,1H3,(H2,13,16)(H,14,17)/t8-/m1/s1. The monoisotopic (exact) mass is 235 g/mol. The van der Waals surface area contributed by atoms with Crippen molar-refractivity contribution in [2.45, 2.75) is 13.3 Å². The van der Waals surface area contributed by atoms with Crippen LogP contribution in [0.5, 0.6) is 5.75 Å². The highest BCUT2D eigenvalue weighted by atomic mass is 16.3. The number of phenols is 1. The first-order valence-corrected chi connectivity index (χ1v) is 5.20. The first-order chi connectivity index (χ1) is 7.97. The van der Waals surface area contributed by atoms with Crippen LogP contribution in [0.3, 0.4) is 0 Å². The number of amides is 2. The normalized spacial score (nSPS) is 11.8. The van der Waals surface area contributed by atoms with E-state index in [0.29, 0.717) is 5.69 Å². The third-order valence-corrected chi connectivity index (χ3v) is 2.09. The van der Waals surface area contributed by atoms with Gasteiger partial charge in [-0.1, -0.05) is 6.92 Å². The zero-order chi connectivity index (χ0) is 12.8. The Morgan fingerprint density at radius 1 is 1.41 bits per heavy atom. The van der Waals surface area contributed by atoms with Crippen LogP contribution >= 0.6 is 0 Å². The lowest BCUT2D eigenvalue weighted by molar-refractivity contribution is -0.118. The van der Waals surface area contributed by atoms with Gasteiger partial charge in [-0.25, -0.2) is 0 Å². The Morgan fingerprint density at radius 2 is 2.00 bits per heavy atom. The van der Waals surface area contributed by atoms with Crippen molar-refractivity contribution >= 4 is 17.5 Å². The molecular formula is C12H15N2O3. The molecule has 0 aliphatic heterocycles. The second-order valence-electron chi connectivity index (χ2n) is 3.85. The number of carbonyl (C=O) groups excluding carboxylic acids is 2. The predicted octanol–water partition coefficient (Wildman–Crippen LogP) is 1.05. The molecule has 0 aliphatic carbocycles. The lowest BCUT2D eigenvalue weighted by Gasteiger charge is -2.09. The van der Waals surface area contributed by atoms with Gasteiger partial charge in [-0.15, -0.1) is 0 Å². The molecule has 1 rings (SSSR count). The van der Waals surface area contributed by atoms with Crippen molar-refractivity contribution in [2.75, 3.05) is 5.32 Å². The fourth-order valence-corrected chi connectivity index (χ4v) is 1.36. The number of nitrogens with two attached hydrogens (primary N) is 1. The van der Waals surface area contributed by atoms with Gasteiger partial charge in [0.15, 0.2) is 0 Å². The van der Waals surface area contributed by atoms with Crippen LogP contribution in [0.1, 0.15) is 13.3 Å². The van der Waals surface area contributed by atoms with Crippen molar-refractivity contribution in [3.63, 3.8) is 0 Å². The van der Waals surface area contributed by atoms with Crippen LogP contribution in [-0.2, 0) is 9.59 Å². The molecule has 0 fully saturated rings. The number of hydrogen-bond acceptors (Lipinski definition) is 3. The minimum Gasteiger partial charge on any atom is -0.508 e. The summed E-state index contributed by atoms with van der Waals surface area (Å²) in [6.45, 7) is 1.74. The summed E-state index contributed by atoms with van der Waals surface area (Å²) in [6, 6.07) is 6.12. The Bertz CT molecular complexity index is 401. The molecule has 0 aliphatic rings. The molecule has 0 heterocycles. The Kier molecular flexibility index (Phi) is 4.51. The number of nitrogens with one attached hydrogen (secondary N) is 1. The fraction of sp³-hybridized carbons (Fsp3) is 0.250. The van der Waals surface area contributed by atoms with Crippen molar-refractivity contribution in [1.82, 2.24) is 0 Å². The van der Waals surface area contributed by atoms with E-state index in [1.807, 2.05) is 0 Å². The fourth-order valence-electron chi connectivity index (χ4n) is 1.36. The lowest BCUT2D eigenvalue weighted by Crippen LogP contribution is -2.20. The van der Waals surface area contributed by atoms with Crippen LogP contribution in [-0.4, -0.2) is 16.9 Å². The molecule has 0 aromatic heterocycles. The molecule has 0 unspecified atom stereocenters. The smallest absolute Gasteiger partial charge is 0.228 e. The zero-order valence-corrected chi connectivity index (χ0v) is 9.51. The highest BCUT2D eigenvalue weighted by molar-refractivity contribution is 5.97. The molecule has 91 valence electrons. The van der Waals surface area contributed by atoms with Crippen molar-refractivity contribution in [1.29, 1.82) is 0 Å². The van der Waals surface area contributed by atoms with E-state index in [1.54, 1.807) is 19.1 Å². The minimum atomic E-state index is -0.439. The van der Waals surface area contributed by atoms with Crippen LogP contribution in [0.4, 0.5) is 5.69 Å².